The summed E-state index contributed by atoms with van der Waals surface area (Å²) in [5.41, 5.74) is 0.907. The largest absolute Gasteiger partial charge is 0.438 e. The molecule has 0 bridgehead atoms. The molecule has 152 valence electrons. The van der Waals surface area contributed by atoms with E-state index < -0.39 is 0 Å². The summed E-state index contributed by atoms with van der Waals surface area (Å²) in [6.45, 7) is 8.34. The summed E-state index contributed by atoms with van der Waals surface area (Å²) in [5.74, 6) is 1.47. The van der Waals surface area contributed by atoms with Crippen molar-refractivity contribution in [3.63, 3.8) is 0 Å². The van der Waals surface area contributed by atoms with Gasteiger partial charge in [-0.2, -0.15) is 0 Å². The van der Waals surface area contributed by atoms with E-state index in [-0.39, 0.29) is 34.5 Å². The van der Waals surface area contributed by atoms with Gasteiger partial charge in [-0.1, -0.05) is 27.7 Å². The van der Waals surface area contributed by atoms with E-state index in [1.54, 1.807) is 36.4 Å². The quantitative estimate of drug-likeness (QED) is 0.764. The fraction of sp³-hybridized carbons (Fsp3) is 0.455. The van der Waals surface area contributed by atoms with E-state index in [4.69, 9.17) is 4.74 Å². The monoisotopic (exact) mass is 394 g/mol. The molecule has 2 aliphatic rings. The number of nitrogens with one attached hydrogen (secondary N) is 2. The van der Waals surface area contributed by atoms with Gasteiger partial charge in [0.1, 0.15) is 5.75 Å². The van der Waals surface area contributed by atoms with Crippen LogP contribution in [0, 0.1) is 22.7 Å². The fourth-order valence-electron chi connectivity index (χ4n) is 3.44. The zero-order chi connectivity index (χ0) is 20.8. The first-order valence-corrected chi connectivity index (χ1v) is 9.87. The summed E-state index contributed by atoms with van der Waals surface area (Å²) >= 11 is 0. The molecule has 2 amide bonds. The minimum Gasteiger partial charge on any atom is -0.438 e. The summed E-state index contributed by atoms with van der Waals surface area (Å²) in [6.07, 6.45) is 1.82. The SMILES string of the molecule is CC1(C)CC1C(=O)Nc1ccc(Oc2ccc(NC(=O)C3CC3(C)C)nn2)cc1. The Bertz CT molecular complexity index is 858. The smallest absolute Gasteiger partial charge is 0.238 e. The summed E-state index contributed by atoms with van der Waals surface area (Å²) in [7, 11) is 0. The number of anilines is 2. The van der Waals surface area contributed by atoms with E-state index in [9.17, 15) is 9.59 Å². The van der Waals surface area contributed by atoms with Crippen molar-refractivity contribution in [2.24, 2.45) is 22.7 Å². The Morgan fingerprint density at radius 1 is 0.862 bits per heavy atom. The molecule has 7 heteroatoms. The second-order valence-corrected chi connectivity index (χ2v) is 9.35. The Hall–Kier alpha value is -2.96. The highest BCUT2D eigenvalue weighted by Gasteiger charge is 2.51. The van der Waals surface area contributed by atoms with E-state index in [1.165, 1.54) is 0 Å². The van der Waals surface area contributed by atoms with Crippen molar-refractivity contribution in [1.82, 2.24) is 10.2 Å². The van der Waals surface area contributed by atoms with Gasteiger partial charge in [0.25, 0.3) is 0 Å². The number of hydrogen-bond donors (Lipinski definition) is 2. The fourth-order valence-corrected chi connectivity index (χ4v) is 3.44. The number of rotatable bonds is 6. The van der Waals surface area contributed by atoms with Crippen LogP contribution in [0.5, 0.6) is 11.6 Å². The molecule has 1 heterocycles. The molecule has 0 radical (unpaired) electrons. The average Bonchev–Trinajstić information content (AvgIpc) is 3.52. The molecule has 1 aromatic carbocycles. The van der Waals surface area contributed by atoms with Crippen LogP contribution in [0.15, 0.2) is 36.4 Å². The molecule has 2 atom stereocenters. The van der Waals surface area contributed by atoms with Gasteiger partial charge in [0.2, 0.25) is 17.7 Å². The Morgan fingerprint density at radius 2 is 1.41 bits per heavy atom. The van der Waals surface area contributed by atoms with Crippen LogP contribution in [-0.2, 0) is 9.59 Å². The third kappa shape index (κ3) is 4.39. The predicted molar refractivity (Wildman–Crippen MR) is 110 cm³/mol. The van der Waals surface area contributed by atoms with E-state index in [0.717, 1.165) is 18.5 Å². The van der Waals surface area contributed by atoms with E-state index in [0.29, 0.717) is 17.4 Å². The van der Waals surface area contributed by atoms with Crippen LogP contribution in [0.3, 0.4) is 0 Å². The first-order chi connectivity index (χ1) is 13.6. The van der Waals surface area contributed by atoms with Crippen LogP contribution in [0.2, 0.25) is 0 Å². The number of carbonyl (C=O) groups is 2. The molecular weight excluding hydrogens is 368 g/mol. The Kier molecular flexibility index (Phi) is 4.56. The minimum atomic E-state index is -0.0230. The summed E-state index contributed by atoms with van der Waals surface area (Å²) in [6, 6.07) is 10.4. The van der Waals surface area contributed by atoms with Crippen LogP contribution >= 0.6 is 0 Å². The highest BCUT2D eigenvalue weighted by molar-refractivity contribution is 5.95. The van der Waals surface area contributed by atoms with Crippen molar-refractivity contribution >= 4 is 23.3 Å². The number of hydrogen-bond acceptors (Lipinski definition) is 5. The van der Waals surface area contributed by atoms with Crippen molar-refractivity contribution in [3.05, 3.63) is 36.4 Å². The summed E-state index contributed by atoms with van der Waals surface area (Å²) in [5, 5.41) is 13.7. The van der Waals surface area contributed by atoms with Crippen LogP contribution in [0.4, 0.5) is 11.5 Å². The summed E-state index contributed by atoms with van der Waals surface area (Å²) in [4.78, 5) is 24.3. The maximum Gasteiger partial charge on any atom is 0.238 e. The van der Waals surface area contributed by atoms with Crippen LogP contribution < -0.4 is 15.4 Å². The van der Waals surface area contributed by atoms with Gasteiger partial charge >= 0.3 is 0 Å². The predicted octanol–water partition coefficient (Wildman–Crippen LogP) is 4.24. The third-order valence-corrected chi connectivity index (χ3v) is 5.90. The standard InChI is InChI=1S/C22H26N4O3/c1-21(2)11-15(21)19(27)23-13-5-7-14(8-6-13)29-18-10-9-17(25-26-18)24-20(28)16-12-22(16,3)4/h5-10,15-16H,11-12H2,1-4H3,(H,23,27)(H,24,25,28). The molecule has 2 fully saturated rings. The van der Waals surface area contributed by atoms with Gasteiger partial charge in [-0.25, -0.2) is 0 Å². The van der Waals surface area contributed by atoms with Gasteiger partial charge in [-0.05, 0) is 54.0 Å². The molecule has 2 saturated carbocycles. The number of aromatic nitrogens is 2. The van der Waals surface area contributed by atoms with Gasteiger partial charge in [-0.15, -0.1) is 10.2 Å². The molecule has 0 saturated heterocycles. The molecule has 2 unspecified atom stereocenters. The van der Waals surface area contributed by atoms with E-state index >= 15 is 0 Å². The van der Waals surface area contributed by atoms with E-state index in [2.05, 4.69) is 48.5 Å². The zero-order valence-electron chi connectivity index (χ0n) is 17.2. The lowest BCUT2D eigenvalue weighted by atomic mass is 10.1. The lowest BCUT2D eigenvalue weighted by Crippen LogP contribution is -2.17. The van der Waals surface area contributed by atoms with Crippen molar-refractivity contribution < 1.29 is 14.3 Å². The van der Waals surface area contributed by atoms with Crippen LogP contribution in [0.1, 0.15) is 40.5 Å². The Morgan fingerprint density at radius 3 is 1.90 bits per heavy atom. The summed E-state index contributed by atoms with van der Waals surface area (Å²) < 4.78 is 5.69. The molecule has 7 nitrogen and oxygen atoms in total. The van der Waals surface area contributed by atoms with Gasteiger partial charge in [0.15, 0.2) is 5.82 Å². The van der Waals surface area contributed by atoms with Crippen molar-refractivity contribution in [2.75, 3.05) is 10.6 Å². The Labute approximate surface area is 170 Å². The molecule has 2 aromatic rings. The second-order valence-electron chi connectivity index (χ2n) is 9.35. The van der Waals surface area contributed by atoms with E-state index in [1.807, 2.05) is 0 Å². The normalized spacial score (nSPS) is 23.0. The zero-order valence-corrected chi connectivity index (χ0v) is 17.2. The van der Waals surface area contributed by atoms with Crippen molar-refractivity contribution in [2.45, 2.75) is 40.5 Å². The molecule has 4 rings (SSSR count). The number of amides is 2. The molecule has 2 N–H and O–H groups in total. The van der Waals surface area contributed by atoms with Gasteiger partial charge in [-0.3, -0.25) is 9.59 Å². The highest BCUT2D eigenvalue weighted by Crippen LogP contribution is 2.52. The highest BCUT2D eigenvalue weighted by atomic mass is 16.5. The second kappa shape index (κ2) is 6.83. The maximum atomic E-state index is 12.2. The van der Waals surface area contributed by atoms with Crippen molar-refractivity contribution in [3.8, 4) is 11.6 Å². The van der Waals surface area contributed by atoms with Gasteiger partial charge in [0, 0.05) is 23.6 Å². The first-order valence-electron chi connectivity index (χ1n) is 9.87. The molecule has 0 spiro atoms. The minimum absolute atomic E-state index is 0.0230. The first kappa shape index (κ1) is 19.4. The Balaban J connectivity index is 1.30. The number of carbonyl (C=O) groups excluding carboxylic acids is 2. The number of benzene rings is 1. The maximum absolute atomic E-state index is 12.2. The lowest BCUT2D eigenvalue weighted by molar-refractivity contribution is -0.118. The third-order valence-electron chi connectivity index (χ3n) is 5.90. The molecule has 29 heavy (non-hydrogen) atoms. The number of ether oxygens (including phenoxy) is 1. The van der Waals surface area contributed by atoms with Crippen LogP contribution in [0.25, 0.3) is 0 Å². The van der Waals surface area contributed by atoms with Gasteiger partial charge in [0.05, 0.1) is 0 Å². The molecule has 2 aliphatic carbocycles. The molecule has 1 aromatic heterocycles. The average molecular weight is 394 g/mol. The number of nitrogens with zero attached hydrogens (tertiary/aromatic N) is 2. The van der Waals surface area contributed by atoms with Crippen molar-refractivity contribution in [1.29, 1.82) is 0 Å². The topological polar surface area (TPSA) is 93.2 Å². The van der Waals surface area contributed by atoms with Crippen LogP contribution in [-0.4, -0.2) is 22.0 Å². The van der Waals surface area contributed by atoms with Gasteiger partial charge < -0.3 is 15.4 Å². The molecular formula is C22H26N4O3. The molecule has 0 aliphatic heterocycles. The lowest BCUT2D eigenvalue weighted by Gasteiger charge is -2.09.